The molecule has 2 aliphatic heterocycles. The zero-order chi connectivity index (χ0) is 34.3. The molecule has 0 spiro atoms. The Morgan fingerprint density at radius 3 is 2.49 bits per heavy atom. The fourth-order valence-corrected chi connectivity index (χ4v) is 5.58. The first-order valence-electron chi connectivity index (χ1n) is 15.6. The number of alkyl carbamates (subject to hydrolysis) is 1. The van der Waals surface area contributed by atoms with Crippen LogP contribution in [-0.2, 0) is 14.3 Å². The molecule has 3 N–H and O–H groups in total. The number of H-pyrrole nitrogens is 1. The second-order valence-corrected chi connectivity index (χ2v) is 14.4. The van der Waals surface area contributed by atoms with Crippen LogP contribution in [0.2, 0.25) is 0 Å². The number of hydrogen-bond donors (Lipinski definition) is 3. The van der Waals surface area contributed by atoms with Crippen molar-refractivity contribution >= 4 is 29.0 Å². The molecule has 0 radical (unpaired) electrons. The summed E-state index contributed by atoms with van der Waals surface area (Å²) in [4.78, 5) is 59.6. The van der Waals surface area contributed by atoms with Gasteiger partial charge in [0.25, 0.3) is 5.56 Å². The molecule has 0 aliphatic carbocycles. The van der Waals surface area contributed by atoms with Crippen LogP contribution in [0.1, 0.15) is 61.3 Å². The summed E-state index contributed by atoms with van der Waals surface area (Å²) < 4.78 is 23.2. The molecule has 47 heavy (non-hydrogen) atoms. The molecule has 1 saturated heterocycles. The molecule has 1 fully saturated rings. The van der Waals surface area contributed by atoms with E-state index in [9.17, 15) is 24.3 Å². The van der Waals surface area contributed by atoms with Crippen LogP contribution in [0.4, 0.5) is 4.79 Å². The maximum Gasteiger partial charge on any atom is 0.407 e. The van der Waals surface area contributed by atoms with E-state index in [1.54, 1.807) is 71.0 Å². The van der Waals surface area contributed by atoms with E-state index < -0.39 is 46.7 Å². The maximum atomic E-state index is 13.3. The molecule has 0 unspecified atom stereocenters. The van der Waals surface area contributed by atoms with E-state index in [2.05, 4.69) is 15.3 Å². The van der Waals surface area contributed by atoms with Gasteiger partial charge in [-0.05, 0) is 30.4 Å². The second-order valence-electron chi connectivity index (χ2n) is 14.4. The first kappa shape index (κ1) is 33.6. The molecule has 0 bridgehead atoms. The van der Waals surface area contributed by atoms with E-state index in [0.717, 1.165) is 0 Å². The van der Waals surface area contributed by atoms with Crippen LogP contribution in [0.25, 0.3) is 22.3 Å². The number of carboxylic acids is 1. The van der Waals surface area contributed by atoms with Crippen molar-refractivity contribution in [2.24, 2.45) is 10.8 Å². The number of nitrogens with one attached hydrogen (secondary N) is 2. The summed E-state index contributed by atoms with van der Waals surface area (Å²) in [5.74, 6) is -0.752. The summed E-state index contributed by atoms with van der Waals surface area (Å²) >= 11 is 0. The van der Waals surface area contributed by atoms with Gasteiger partial charge < -0.3 is 39.3 Å². The number of carbonyl (C=O) groups is 3. The van der Waals surface area contributed by atoms with Gasteiger partial charge in [0.15, 0.2) is 11.5 Å². The number of aromatic nitrogens is 2. The lowest BCUT2D eigenvalue weighted by atomic mass is 9.85. The Bertz CT molecular complexity index is 1760. The number of rotatable bonds is 9. The SMILES string of the molecule is CC(C)(COC(=O)N[C@H](C(=O)N1CCC[C@H]1C(=O)O)C(C)(C)C)COc1cccc(-c2nc3cc4c(cc3[nH]c2=O)OC(C)(C)O4)c1. The van der Waals surface area contributed by atoms with Gasteiger partial charge in [-0.1, -0.05) is 46.8 Å². The van der Waals surface area contributed by atoms with Crippen molar-refractivity contribution in [1.82, 2.24) is 20.2 Å². The quantitative estimate of drug-likeness (QED) is 0.295. The van der Waals surface area contributed by atoms with Crippen LogP contribution in [0.3, 0.4) is 0 Å². The number of amides is 2. The number of carbonyl (C=O) groups excluding carboxylic acids is 2. The largest absolute Gasteiger partial charge is 0.493 e. The fraction of sp³-hybridized carbons (Fsp3) is 0.500. The summed E-state index contributed by atoms with van der Waals surface area (Å²) in [7, 11) is 0. The number of nitrogens with zero attached hydrogens (tertiary/aromatic N) is 2. The third kappa shape index (κ3) is 7.61. The van der Waals surface area contributed by atoms with Crippen molar-refractivity contribution < 1.29 is 38.4 Å². The molecule has 13 nitrogen and oxygen atoms in total. The number of carboxylic acid groups (broad SMARTS) is 1. The lowest BCUT2D eigenvalue weighted by Crippen LogP contribution is -2.56. The molecule has 2 aromatic carbocycles. The Hall–Kier alpha value is -4.81. The van der Waals surface area contributed by atoms with E-state index in [0.29, 0.717) is 53.2 Å². The van der Waals surface area contributed by atoms with Crippen LogP contribution in [0, 0.1) is 10.8 Å². The van der Waals surface area contributed by atoms with Gasteiger partial charge in [-0.3, -0.25) is 9.59 Å². The molecule has 3 heterocycles. The number of benzene rings is 2. The summed E-state index contributed by atoms with van der Waals surface area (Å²) in [6.07, 6.45) is 0.175. The molecule has 252 valence electrons. The van der Waals surface area contributed by atoms with E-state index >= 15 is 0 Å². The number of aliphatic carboxylic acids is 1. The number of aromatic amines is 1. The molecule has 2 amide bonds. The third-order valence-electron chi connectivity index (χ3n) is 8.00. The Morgan fingerprint density at radius 1 is 1.11 bits per heavy atom. The standard InChI is InChI=1S/C34H42N4O9/c1-32(2,3)27(29(40)38-13-9-12-23(38)30(41)42)37-31(43)45-18-33(4,5)17-44-20-11-8-10-19(14-20)26-28(39)36-22-16-25-24(15-21(22)35-26)46-34(6,7)47-25/h8,10-11,14-16,23,27H,9,12-13,17-18H2,1-7H3,(H,36,39)(H,37,43)(H,41,42)/t23-,27+/m0/s1. The number of fused-ring (bicyclic) bond motifs is 2. The van der Waals surface area contributed by atoms with Gasteiger partial charge in [-0.25, -0.2) is 14.6 Å². The van der Waals surface area contributed by atoms with Crippen molar-refractivity contribution in [3.05, 3.63) is 46.8 Å². The predicted molar refractivity (Wildman–Crippen MR) is 173 cm³/mol. The summed E-state index contributed by atoms with van der Waals surface area (Å²) in [5, 5.41) is 12.2. The first-order chi connectivity index (χ1) is 21.9. The maximum absolute atomic E-state index is 13.3. The Kier molecular flexibility index (Phi) is 8.87. The molecule has 13 heteroatoms. The highest BCUT2D eigenvalue weighted by molar-refractivity contribution is 5.90. The van der Waals surface area contributed by atoms with Gasteiger partial charge in [-0.2, -0.15) is 0 Å². The minimum atomic E-state index is -1.06. The van der Waals surface area contributed by atoms with Crippen molar-refractivity contribution in [1.29, 1.82) is 0 Å². The Labute approximate surface area is 272 Å². The monoisotopic (exact) mass is 650 g/mol. The normalized spacial score (nSPS) is 17.8. The smallest absolute Gasteiger partial charge is 0.407 e. The van der Waals surface area contributed by atoms with Crippen LogP contribution in [0.5, 0.6) is 17.2 Å². The van der Waals surface area contributed by atoms with Crippen LogP contribution < -0.4 is 25.1 Å². The van der Waals surface area contributed by atoms with Gasteiger partial charge in [0, 0.05) is 43.5 Å². The van der Waals surface area contributed by atoms with Gasteiger partial charge >= 0.3 is 12.1 Å². The summed E-state index contributed by atoms with van der Waals surface area (Å²) in [6.45, 7) is 13.2. The van der Waals surface area contributed by atoms with Gasteiger partial charge in [-0.15, -0.1) is 0 Å². The predicted octanol–water partition coefficient (Wildman–Crippen LogP) is 4.72. The molecule has 0 saturated carbocycles. The van der Waals surface area contributed by atoms with Crippen LogP contribution >= 0.6 is 0 Å². The van der Waals surface area contributed by atoms with E-state index in [1.165, 1.54) is 4.90 Å². The highest BCUT2D eigenvalue weighted by Gasteiger charge is 2.42. The number of ether oxygens (including phenoxy) is 4. The van der Waals surface area contributed by atoms with Crippen molar-refractivity contribution in [3.8, 4) is 28.5 Å². The molecular weight excluding hydrogens is 608 g/mol. The van der Waals surface area contributed by atoms with Crippen LogP contribution in [-0.4, -0.2) is 75.6 Å². The molecule has 1 aromatic heterocycles. The first-order valence-corrected chi connectivity index (χ1v) is 15.6. The zero-order valence-electron chi connectivity index (χ0n) is 27.8. The van der Waals surface area contributed by atoms with E-state index in [1.807, 2.05) is 13.8 Å². The minimum Gasteiger partial charge on any atom is -0.493 e. The number of likely N-dealkylation sites (tertiary alicyclic amines) is 1. The van der Waals surface area contributed by atoms with Gasteiger partial charge in [0.1, 0.15) is 30.1 Å². The van der Waals surface area contributed by atoms with Crippen LogP contribution in [0.15, 0.2) is 41.2 Å². The topological polar surface area (TPSA) is 169 Å². The van der Waals surface area contributed by atoms with Gasteiger partial charge in [0.2, 0.25) is 11.7 Å². The highest BCUT2D eigenvalue weighted by Crippen LogP contribution is 2.41. The Balaban J connectivity index is 1.21. The van der Waals surface area contributed by atoms with Crippen molar-refractivity contribution in [2.75, 3.05) is 19.8 Å². The zero-order valence-corrected chi connectivity index (χ0v) is 27.8. The molecular formula is C34H42N4O9. The number of hydrogen-bond acceptors (Lipinski definition) is 9. The molecule has 2 atom stereocenters. The summed E-state index contributed by atoms with van der Waals surface area (Å²) in [6, 6.07) is 8.54. The average molecular weight is 651 g/mol. The molecule has 3 aromatic rings. The lowest BCUT2D eigenvalue weighted by Gasteiger charge is -2.34. The molecule has 5 rings (SSSR count). The Morgan fingerprint density at radius 2 is 1.81 bits per heavy atom. The van der Waals surface area contributed by atoms with E-state index in [-0.39, 0.29) is 24.5 Å². The van der Waals surface area contributed by atoms with Crippen molar-refractivity contribution in [2.45, 2.75) is 79.2 Å². The highest BCUT2D eigenvalue weighted by atomic mass is 16.7. The van der Waals surface area contributed by atoms with E-state index in [4.69, 9.17) is 18.9 Å². The average Bonchev–Trinajstić information content (AvgIpc) is 3.59. The lowest BCUT2D eigenvalue weighted by molar-refractivity contribution is -0.150. The molecule has 2 aliphatic rings. The van der Waals surface area contributed by atoms with Crippen molar-refractivity contribution in [3.63, 3.8) is 0 Å². The van der Waals surface area contributed by atoms with Gasteiger partial charge in [0.05, 0.1) is 17.6 Å². The fourth-order valence-electron chi connectivity index (χ4n) is 5.58. The summed E-state index contributed by atoms with van der Waals surface area (Å²) in [5.41, 5.74) is 0.141. The third-order valence-corrected chi connectivity index (χ3v) is 8.00. The minimum absolute atomic E-state index is 0.0240. The second kappa shape index (κ2) is 12.4.